The summed E-state index contributed by atoms with van der Waals surface area (Å²) in [6.07, 6.45) is 0. The number of hydrogen-bond donors (Lipinski definition) is 2. The van der Waals surface area contributed by atoms with Crippen molar-refractivity contribution in [2.24, 2.45) is 0 Å². The standard InChI is InChI=1S/2C6H3N3O7.Fe/c2*10-6-4(8(13)14)1-3(7(11)12)2-5(6)9(15)16;/h2*1-2,10H;. The van der Waals surface area contributed by atoms with E-state index >= 15 is 0 Å². The van der Waals surface area contributed by atoms with Crippen molar-refractivity contribution in [3.63, 3.8) is 0 Å². The monoisotopic (exact) mass is 514 g/mol. The fraction of sp³-hybridized carbons (Fsp3) is 0. The molecule has 0 unspecified atom stereocenters. The third kappa shape index (κ3) is 6.47. The minimum absolute atomic E-state index is 0. The van der Waals surface area contributed by atoms with Crippen LogP contribution in [0, 0.1) is 60.7 Å². The first kappa shape index (κ1) is 28.0. The maximum absolute atomic E-state index is 10.4. The van der Waals surface area contributed by atoms with E-state index < -0.39 is 75.2 Å². The first-order chi connectivity index (χ1) is 14.7. The van der Waals surface area contributed by atoms with Crippen molar-refractivity contribution in [1.29, 1.82) is 0 Å². The molecule has 0 aliphatic rings. The van der Waals surface area contributed by atoms with Gasteiger partial charge in [-0.1, -0.05) is 0 Å². The number of nitrogens with zero attached hydrogens (tertiary/aromatic N) is 6. The van der Waals surface area contributed by atoms with Gasteiger partial charge in [0, 0.05) is 17.1 Å². The first-order valence-electron chi connectivity index (χ1n) is 7.29. The van der Waals surface area contributed by atoms with E-state index in [1.54, 1.807) is 0 Å². The molecule has 0 heterocycles. The van der Waals surface area contributed by atoms with Crippen molar-refractivity contribution < 1.29 is 56.8 Å². The number of nitro groups is 6. The predicted octanol–water partition coefficient (Wildman–Crippen LogP) is 2.23. The summed E-state index contributed by atoms with van der Waals surface area (Å²) in [5.41, 5.74) is -6.00. The van der Waals surface area contributed by atoms with Crippen LogP contribution in [0.2, 0.25) is 0 Å². The van der Waals surface area contributed by atoms with Crippen molar-refractivity contribution in [1.82, 2.24) is 0 Å². The van der Waals surface area contributed by atoms with E-state index in [9.17, 15) is 60.7 Å². The average Bonchev–Trinajstić information content (AvgIpc) is 2.67. The normalized spacial score (nSPS) is 9.45. The summed E-state index contributed by atoms with van der Waals surface area (Å²) in [7, 11) is 0. The first-order valence-corrected chi connectivity index (χ1v) is 7.29. The van der Waals surface area contributed by atoms with Crippen LogP contribution in [0.4, 0.5) is 34.1 Å². The van der Waals surface area contributed by atoms with E-state index in [4.69, 9.17) is 10.2 Å². The molecule has 0 aromatic heterocycles. The van der Waals surface area contributed by atoms with Gasteiger partial charge in [0.25, 0.3) is 22.9 Å². The number of phenolic OH excluding ortho intramolecular Hbond substituents is 2. The molecule has 0 fully saturated rings. The van der Waals surface area contributed by atoms with E-state index in [0.717, 1.165) is 0 Å². The summed E-state index contributed by atoms with van der Waals surface area (Å²) in [6, 6.07) is 1.79. The van der Waals surface area contributed by atoms with E-state index in [0.29, 0.717) is 24.3 Å². The molecular formula is C12H6FeN6O14. The summed E-state index contributed by atoms with van der Waals surface area (Å²) in [6.45, 7) is 0. The average molecular weight is 514 g/mol. The number of non-ortho nitro benzene ring substituents is 2. The Balaban J connectivity index is 0.000000602. The van der Waals surface area contributed by atoms with Gasteiger partial charge in [-0.3, -0.25) is 60.7 Å². The Kier molecular flexibility index (Phi) is 9.18. The van der Waals surface area contributed by atoms with Gasteiger partial charge in [0.05, 0.1) is 53.8 Å². The molecule has 0 spiro atoms. The molecule has 0 aliphatic carbocycles. The Morgan fingerprint density at radius 3 is 0.758 bits per heavy atom. The van der Waals surface area contributed by atoms with Gasteiger partial charge < -0.3 is 10.2 Å². The Morgan fingerprint density at radius 1 is 0.455 bits per heavy atom. The van der Waals surface area contributed by atoms with Crippen molar-refractivity contribution in [3.8, 4) is 11.5 Å². The molecule has 0 radical (unpaired) electrons. The van der Waals surface area contributed by atoms with Crippen LogP contribution in [0.3, 0.4) is 0 Å². The Bertz CT molecular complexity index is 1020. The molecule has 0 saturated heterocycles. The zero-order valence-electron chi connectivity index (χ0n) is 15.1. The number of rotatable bonds is 6. The molecule has 21 heteroatoms. The molecule has 20 nitrogen and oxygen atoms in total. The second kappa shape index (κ2) is 10.8. The largest absolute Gasteiger partial charge is 0.497 e. The summed E-state index contributed by atoms with van der Waals surface area (Å²) < 4.78 is 0. The van der Waals surface area contributed by atoms with Crippen LogP contribution in [-0.4, -0.2) is 39.8 Å². The molecular weight excluding hydrogens is 508 g/mol. The van der Waals surface area contributed by atoms with Crippen molar-refractivity contribution in [3.05, 3.63) is 85.0 Å². The van der Waals surface area contributed by atoms with Crippen molar-refractivity contribution in [2.75, 3.05) is 0 Å². The minimum atomic E-state index is -1.21. The molecule has 2 aromatic carbocycles. The number of phenols is 2. The maximum atomic E-state index is 10.4. The van der Waals surface area contributed by atoms with E-state index in [1.165, 1.54) is 0 Å². The third-order valence-corrected chi connectivity index (χ3v) is 3.32. The molecule has 33 heavy (non-hydrogen) atoms. The topological polar surface area (TPSA) is 299 Å². The quantitative estimate of drug-likeness (QED) is 0.317. The zero-order valence-corrected chi connectivity index (χ0v) is 16.2. The van der Waals surface area contributed by atoms with Gasteiger partial charge in [-0.15, -0.1) is 0 Å². The van der Waals surface area contributed by atoms with Gasteiger partial charge in [-0.2, -0.15) is 0 Å². The smallest absolute Gasteiger partial charge is 0.324 e. The Morgan fingerprint density at radius 2 is 0.636 bits per heavy atom. The van der Waals surface area contributed by atoms with Crippen LogP contribution in [0.1, 0.15) is 0 Å². The Hall–Kier alpha value is -5.04. The van der Waals surface area contributed by atoms with Gasteiger partial charge in [-0.05, 0) is 0 Å². The summed E-state index contributed by atoms with van der Waals surface area (Å²) in [4.78, 5) is 55.5. The van der Waals surface area contributed by atoms with Gasteiger partial charge in [-0.25, -0.2) is 0 Å². The molecule has 0 aliphatic heterocycles. The van der Waals surface area contributed by atoms with Crippen LogP contribution in [0.5, 0.6) is 11.5 Å². The van der Waals surface area contributed by atoms with Gasteiger partial charge in [0.2, 0.25) is 0 Å². The molecule has 2 aromatic rings. The van der Waals surface area contributed by atoms with Gasteiger partial charge in [0.1, 0.15) is 0 Å². The van der Waals surface area contributed by atoms with E-state index in [2.05, 4.69) is 0 Å². The number of benzene rings is 2. The summed E-state index contributed by atoms with van der Waals surface area (Å²) in [5, 5.41) is 80.4. The van der Waals surface area contributed by atoms with Crippen LogP contribution >= 0.6 is 0 Å². The molecule has 2 rings (SSSR count). The molecule has 176 valence electrons. The summed E-state index contributed by atoms with van der Waals surface area (Å²) in [5.74, 6) is -2.42. The molecule has 0 bridgehead atoms. The molecule has 0 saturated carbocycles. The van der Waals surface area contributed by atoms with Crippen LogP contribution in [0.15, 0.2) is 24.3 Å². The van der Waals surface area contributed by atoms with E-state index in [1.807, 2.05) is 0 Å². The summed E-state index contributed by atoms with van der Waals surface area (Å²) >= 11 is 0. The minimum Gasteiger partial charge on any atom is -0.497 e. The molecule has 2 N–H and O–H groups in total. The molecule has 0 atom stereocenters. The Labute approximate surface area is 188 Å². The fourth-order valence-electron chi connectivity index (χ4n) is 1.95. The van der Waals surface area contributed by atoms with Crippen molar-refractivity contribution in [2.45, 2.75) is 0 Å². The molecule has 0 amide bonds. The van der Waals surface area contributed by atoms with Crippen LogP contribution < -0.4 is 0 Å². The van der Waals surface area contributed by atoms with Gasteiger partial charge >= 0.3 is 22.7 Å². The predicted molar refractivity (Wildman–Crippen MR) is 96.1 cm³/mol. The van der Waals surface area contributed by atoms with Gasteiger partial charge in [0.15, 0.2) is 0 Å². The maximum Gasteiger partial charge on any atom is 0.324 e. The second-order valence-electron chi connectivity index (χ2n) is 5.21. The van der Waals surface area contributed by atoms with Crippen LogP contribution in [0.25, 0.3) is 0 Å². The second-order valence-corrected chi connectivity index (χ2v) is 5.21. The zero-order chi connectivity index (χ0) is 24.9. The fourth-order valence-corrected chi connectivity index (χ4v) is 1.95. The number of nitro benzene ring substituents is 6. The third-order valence-electron chi connectivity index (χ3n) is 3.32. The SMILES string of the molecule is O=[N+]([O-])c1cc([N+](=O)[O-])c(O)c([N+](=O)[O-])c1.O=[N+]([O-])c1cc([N+](=O)[O-])c(O)c([N+](=O)[O-])c1.[Fe]. The number of aromatic hydroxyl groups is 2. The van der Waals surface area contributed by atoms with Crippen LogP contribution in [-0.2, 0) is 17.1 Å². The van der Waals surface area contributed by atoms with E-state index in [-0.39, 0.29) is 17.1 Å². The van der Waals surface area contributed by atoms with Crippen molar-refractivity contribution >= 4 is 34.1 Å². The number of hydrogen-bond acceptors (Lipinski definition) is 14.